The van der Waals surface area contributed by atoms with Crippen LogP contribution in [-0.4, -0.2) is 73.4 Å². The predicted octanol–water partition coefficient (Wildman–Crippen LogP) is 3.77. The van der Waals surface area contributed by atoms with Crippen molar-refractivity contribution >= 4 is 23.5 Å². The lowest BCUT2D eigenvalue weighted by Crippen LogP contribution is -2.38. The molecule has 9 nitrogen and oxygen atoms in total. The van der Waals surface area contributed by atoms with E-state index < -0.39 is 0 Å². The monoisotopic (exact) mass is 456 g/mol. The first-order valence-corrected chi connectivity index (χ1v) is 11.8. The highest BCUT2D eigenvalue weighted by Gasteiger charge is 2.15. The zero-order valence-corrected chi connectivity index (χ0v) is 20.0. The van der Waals surface area contributed by atoms with E-state index in [1.54, 1.807) is 6.07 Å². The molecule has 1 aliphatic rings. The molecule has 0 saturated carbocycles. The van der Waals surface area contributed by atoms with Crippen molar-refractivity contribution in [2.24, 2.45) is 0 Å². The van der Waals surface area contributed by atoms with Gasteiger partial charge in [0.1, 0.15) is 12.4 Å². The molecule has 33 heavy (non-hydrogen) atoms. The van der Waals surface area contributed by atoms with Crippen LogP contribution in [0.15, 0.2) is 30.3 Å². The highest BCUT2D eigenvalue weighted by atomic mass is 16.5. The van der Waals surface area contributed by atoms with Gasteiger partial charge in [0.15, 0.2) is 0 Å². The summed E-state index contributed by atoms with van der Waals surface area (Å²) in [6, 6.07) is 8.96. The molecule has 0 unspecified atom stereocenters. The number of anilines is 3. The molecule has 2 aromatic rings. The molecule has 0 bridgehead atoms. The van der Waals surface area contributed by atoms with Gasteiger partial charge in [-0.25, -0.2) is 4.79 Å². The molecule has 1 aromatic carbocycles. The summed E-state index contributed by atoms with van der Waals surface area (Å²) in [6.07, 6.45) is 1.95. The lowest BCUT2D eigenvalue weighted by Gasteiger charge is -2.26. The zero-order chi connectivity index (χ0) is 23.5. The van der Waals surface area contributed by atoms with E-state index in [2.05, 4.69) is 44.2 Å². The number of urea groups is 1. The fraction of sp³-hybridized carbons (Fsp3) is 0.542. The summed E-state index contributed by atoms with van der Waals surface area (Å²) >= 11 is 0. The Bertz CT molecular complexity index is 882. The Morgan fingerprint density at radius 2 is 1.88 bits per heavy atom. The van der Waals surface area contributed by atoms with Gasteiger partial charge in [0.2, 0.25) is 11.8 Å². The van der Waals surface area contributed by atoms with Crippen LogP contribution in [0.25, 0.3) is 0 Å². The van der Waals surface area contributed by atoms with Crippen LogP contribution in [0.3, 0.4) is 0 Å². The number of nitrogens with one attached hydrogen (secondary N) is 2. The van der Waals surface area contributed by atoms with Gasteiger partial charge in [0, 0.05) is 44.5 Å². The molecular weight excluding hydrogens is 420 g/mol. The normalized spacial score (nSPS) is 14.0. The maximum Gasteiger partial charge on any atom is 0.324 e. The van der Waals surface area contributed by atoms with Crippen molar-refractivity contribution in [3.8, 4) is 5.88 Å². The standard InChI is InChI=1S/C24H36N6O3/c1-4-9-30(10-5-2)23-26-21(27-24(31)25-20-8-6-7-19(3)17-20)18-22(28-23)33-16-13-29-11-14-32-15-12-29/h6-8,17-18H,4-5,9-16H2,1-3H3,(H2,25,26,27,28,31). The van der Waals surface area contributed by atoms with Crippen LogP contribution in [0, 0.1) is 6.92 Å². The Morgan fingerprint density at radius 3 is 2.58 bits per heavy atom. The second kappa shape index (κ2) is 13.0. The molecule has 0 radical (unpaired) electrons. The topological polar surface area (TPSA) is 91.9 Å². The quantitative estimate of drug-likeness (QED) is 0.532. The number of hydrogen-bond donors (Lipinski definition) is 2. The predicted molar refractivity (Wildman–Crippen MR) is 131 cm³/mol. The van der Waals surface area contributed by atoms with Crippen LogP contribution in [-0.2, 0) is 4.74 Å². The van der Waals surface area contributed by atoms with Gasteiger partial charge in [-0.2, -0.15) is 9.97 Å². The number of amides is 2. The fourth-order valence-corrected chi connectivity index (χ4v) is 3.65. The molecule has 1 aromatic heterocycles. The number of carbonyl (C=O) groups excluding carboxylic acids is 1. The summed E-state index contributed by atoms with van der Waals surface area (Å²) in [5.41, 5.74) is 1.80. The first-order valence-electron chi connectivity index (χ1n) is 11.8. The summed E-state index contributed by atoms with van der Waals surface area (Å²) in [7, 11) is 0. The molecular formula is C24H36N6O3. The smallest absolute Gasteiger partial charge is 0.324 e. The van der Waals surface area contributed by atoms with E-state index in [1.165, 1.54) is 0 Å². The minimum Gasteiger partial charge on any atom is -0.476 e. The molecule has 3 rings (SSSR count). The average molecular weight is 457 g/mol. The van der Waals surface area contributed by atoms with Gasteiger partial charge < -0.3 is 19.7 Å². The number of morpholine rings is 1. The Balaban J connectivity index is 1.71. The summed E-state index contributed by atoms with van der Waals surface area (Å²) in [4.78, 5) is 26.3. The molecule has 2 amide bonds. The molecule has 0 spiro atoms. The largest absolute Gasteiger partial charge is 0.476 e. The first-order chi connectivity index (χ1) is 16.1. The molecule has 1 fully saturated rings. The fourth-order valence-electron chi connectivity index (χ4n) is 3.65. The first kappa shape index (κ1) is 24.7. The number of hydrogen-bond acceptors (Lipinski definition) is 7. The number of carbonyl (C=O) groups is 1. The third-order valence-corrected chi connectivity index (χ3v) is 5.24. The van der Waals surface area contributed by atoms with E-state index >= 15 is 0 Å². The molecule has 1 saturated heterocycles. The van der Waals surface area contributed by atoms with E-state index in [9.17, 15) is 4.79 Å². The summed E-state index contributed by atoms with van der Waals surface area (Å²) in [5.74, 6) is 1.42. The zero-order valence-electron chi connectivity index (χ0n) is 20.0. The van der Waals surface area contributed by atoms with E-state index in [0.717, 1.165) is 70.0 Å². The molecule has 9 heteroatoms. The Kier molecular flexibility index (Phi) is 9.71. The Hall–Kier alpha value is -2.91. The van der Waals surface area contributed by atoms with Crippen molar-refractivity contribution in [2.45, 2.75) is 33.6 Å². The maximum atomic E-state index is 12.6. The van der Waals surface area contributed by atoms with Gasteiger partial charge in [-0.15, -0.1) is 0 Å². The van der Waals surface area contributed by atoms with Crippen molar-refractivity contribution in [3.05, 3.63) is 35.9 Å². The SMILES string of the molecule is CCCN(CCC)c1nc(NC(=O)Nc2cccc(C)c2)cc(OCCN2CCOCC2)n1. The molecule has 1 aliphatic heterocycles. The van der Waals surface area contributed by atoms with Gasteiger partial charge >= 0.3 is 6.03 Å². The average Bonchev–Trinajstić information content (AvgIpc) is 2.79. The van der Waals surface area contributed by atoms with E-state index in [-0.39, 0.29) is 6.03 Å². The number of benzene rings is 1. The van der Waals surface area contributed by atoms with Gasteiger partial charge in [-0.1, -0.05) is 26.0 Å². The van der Waals surface area contributed by atoms with Crippen LogP contribution in [0.4, 0.5) is 22.2 Å². The van der Waals surface area contributed by atoms with Gasteiger partial charge in [-0.05, 0) is 37.5 Å². The van der Waals surface area contributed by atoms with Crippen molar-refractivity contribution in [2.75, 3.05) is 68.1 Å². The van der Waals surface area contributed by atoms with Crippen LogP contribution in [0.5, 0.6) is 5.88 Å². The lowest BCUT2D eigenvalue weighted by molar-refractivity contribution is 0.0320. The van der Waals surface area contributed by atoms with E-state index in [1.807, 2.05) is 31.2 Å². The summed E-state index contributed by atoms with van der Waals surface area (Å²) < 4.78 is 11.4. The number of aryl methyl sites for hydroxylation is 1. The van der Waals surface area contributed by atoms with Crippen molar-refractivity contribution in [3.63, 3.8) is 0 Å². The van der Waals surface area contributed by atoms with Gasteiger partial charge in [0.25, 0.3) is 0 Å². The van der Waals surface area contributed by atoms with Gasteiger partial charge in [-0.3, -0.25) is 10.2 Å². The summed E-state index contributed by atoms with van der Waals surface area (Å²) in [5, 5.41) is 5.69. The minimum atomic E-state index is -0.359. The number of aromatic nitrogens is 2. The Labute approximate surface area is 196 Å². The highest BCUT2D eigenvalue weighted by molar-refractivity contribution is 5.99. The number of rotatable bonds is 11. The third-order valence-electron chi connectivity index (χ3n) is 5.24. The number of ether oxygens (including phenoxy) is 2. The summed E-state index contributed by atoms with van der Waals surface area (Å²) in [6.45, 7) is 12.5. The van der Waals surface area contributed by atoms with E-state index in [4.69, 9.17) is 9.47 Å². The van der Waals surface area contributed by atoms with E-state index in [0.29, 0.717) is 24.3 Å². The second-order valence-electron chi connectivity index (χ2n) is 8.13. The van der Waals surface area contributed by atoms with Crippen LogP contribution < -0.4 is 20.3 Å². The minimum absolute atomic E-state index is 0.359. The second-order valence-corrected chi connectivity index (χ2v) is 8.13. The highest BCUT2D eigenvalue weighted by Crippen LogP contribution is 2.20. The van der Waals surface area contributed by atoms with Crippen molar-refractivity contribution in [1.82, 2.24) is 14.9 Å². The van der Waals surface area contributed by atoms with Crippen LogP contribution in [0.2, 0.25) is 0 Å². The molecule has 2 N–H and O–H groups in total. The third kappa shape index (κ3) is 8.18. The van der Waals surface area contributed by atoms with Crippen molar-refractivity contribution in [1.29, 1.82) is 0 Å². The van der Waals surface area contributed by atoms with Gasteiger partial charge in [0.05, 0.1) is 13.2 Å². The maximum absolute atomic E-state index is 12.6. The molecule has 0 aliphatic carbocycles. The van der Waals surface area contributed by atoms with Crippen LogP contribution >= 0.6 is 0 Å². The van der Waals surface area contributed by atoms with Crippen LogP contribution in [0.1, 0.15) is 32.3 Å². The Morgan fingerprint density at radius 1 is 1.12 bits per heavy atom. The number of nitrogens with zero attached hydrogens (tertiary/aromatic N) is 4. The molecule has 180 valence electrons. The van der Waals surface area contributed by atoms with Crippen molar-refractivity contribution < 1.29 is 14.3 Å². The molecule has 0 atom stereocenters. The molecule has 2 heterocycles. The lowest BCUT2D eigenvalue weighted by atomic mass is 10.2.